The first kappa shape index (κ1) is 18.0. The lowest BCUT2D eigenvalue weighted by Gasteiger charge is -2.39. The number of allylic oxidation sites excluding steroid dienone is 2. The highest BCUT2D eigenvalue weighted by molar-refractivity contribution is 6.35. The maximum atomic E-state index is 13.6. The van der Waals surface area contributed by atoms with Crippen molar-refractivity contribution in [1.29, 1.82) is 0 Å². The number of fused-ring (bicyclic) bond motifs is 3. The van der Waals surface area contributed by atoms with Crippen molar-refractivity contribution in [2.75, 3.05) is 5.32 Å². The van der Waals surface area contributed by atoms with E-state index in [4.69, 9.17) is 34.8 Å². The molecule has 0 aromatic heterocycles. The molecule has 2 aromatic carbocycles. The number of hydrogen-bond acceptors (Lipinski definition) is 1. The van der Waals surface area contributed by atoms with Crippen molar-refractivity contribution in [3.8, 4) is 0 Å². The van der Waals surface area contributed by atoms with E-state index in [2.05, 4.69) is 5.32 Å². The van der Waals surface area contributed by atoms with Gasteiger partial charge in [0, 0.05) is 16.0 Å². The molecule has 0 unspecified atom stereocenters. The quantitative estimate of drug-likeness (QED) is 0.473. The van der Waals surface area contributed by atoms with Crippen molar-refractivity contribution < 1.29 is 13.2 Å². The van der Waals surface area contributed by atoms with Gasteiger partial charge >= 0.3 is 6.18 Å². The van der Waals surface area contributed by atoms with Crippen LogP contribution in [-0.4, -0.2) is 0 Å². The molecular formula is C19H13Cl3F3N. The van der Waals surface area contributed by atoms with Gasteiger partial charge in [0.2, 0.25) is 0 Å². The number of alkyl halides is 3. The van der Waals surface area contributed by atoms with Crippen molar-refractivity contribution in [3.05, 3.63) is 74.2 Å². The minimum atomic E-state index is -4.44. The van der Waals surface area contributed by atoms with E-state index in [9.17, 15) is 13.2 Å². The molecule has 0 saturated heterocycles. The molecule has 4 rings (SSSR count). The van der Waals surface area contributed by atoms with Crippen molar-refractivity contribution in [2.45, 2.75) is 24.6 Å². The molecule has 0 fully saturated rings. The summed E-state index contributed by atoms with van der Waals surface area (Å²) in [4.78, 5) is 0. The number of halogens is 6. The lowest BCUT2D eigenvalue weighted by molar-refractivity contribution is -0.138. The van der Waals surface area contributed by atoms with Crippen LogP contribution < -0.4 is 5.32 Å². The second-order valence-corrected chi connectivity index (χ2v) is 7.77. The van der Waals surface area contributed by atoms with Crippen molar-refractivity contribution >= 4 is 40.5 Å². The maximum Gasteiger partial charge on any atom is 0.416 e. The van der Waals surface area contributed by atoms with E-state index in [1.165, 1.54) is 6.07 Å². The minimum Gasteiger partial charge on any atom is -0.376 e. The summed E-state index contributed by atoms with van der Waals surface area (Å²) in [5, 5.41) is 4.48. The highest BCUT2D eigenvalue weighted by atomic mass is 35.5. The van der Waals surface area contributed by atoms with Crippen LogP contribution in [0.1, 0.15) is 35.1 Å². The maximum absolute atomic E-state index is 13.6. The highest BCUT2D eigenvalue weighted by Gasteiger charge is 2.45. The van der Waals surface area contributed by atoms with Crippen LogP contribution in [0.15, 0.2) is 42.5 Å². The molecule has 0 spiro atoms. The van der Waals surface area contributed by atoms with E-state index in [-0.39, 0.29) is 28.5 Å². The average Bonchev–Trinajstić information content (AvgIpc) is 3.03. The van der Waals surface area contributed by atoms with E-state index in [0.717, 1.165) is 11.6 Å². The second kappa shape index (κ2) is 6.36. The molecule has 0 amide bonds. The zero-order valence-corrected chi connectivity index (χ0v) is 15.5. The van der Waals surface area contributed by atoms with Gasteiger partial charge in [-0.25, -0.2) is 0 Å². The number of benzene rings is 2. The molecule has 0 bridgehead atoms. The molecule has 1 heterocycles. The van der Waals surface area contributed by atoms with Gasteiger partial charge in [0.05, 0.1) is 22.3 Å². The summed E-state index contributed by atoms with van der Waals surface area (Å²) in [5.41, 5.74) is 0.691. The largest absolute Gasteiger partial charge is 0.416 e. The lowest BCUT2D eigenvalue weighted by atomic mass is 9.75. The van der Waals surface area contributed by atoms with E-state index in [0.29, 0.717) is 22.2 Å². The standard InChI is InChI=1S/C19H13Cl3F3N/c20-9-4-5-12(15(22)8-9)17-11-3-1-2-10(11)16-13(19(23,24)25)6-7-14(21)18(16)26-17/h1-2,4-8,10-11,17,26H,3H2/t10-,11+,17-/m1/s1. The van der Waals surface area contributed by atoms with Crippen LogP contribution in [0.3, 0.4) is 0 Å². The van der Waals surface area contributed by atoms with Gasteiger partial charge in [0.15, 0.2) is 0 Å². The van der Waals surface area contributed by atoms with Crippen LogP contribution in [0.25, 0.3) is 0 Å². The fourth-order valence-electron chi connectivity index (χ4n) is 3.98. The van der Waals surface area contributed by atoms with Crippen LogP contribution in [0.5, 0.6) is 0 Å². The van der Waals surface area contributed by atoms with Crippen LogP contribution in [-0.2, 0) is 6.18 Å². The van der Waals surface area contributed by atoms with Crippen LogP contribution in [0.2, 0.25) is 15.1 Å². The van der Waals surface area contributed by atoms with Crippen molar-refractivity contribution in [1.82, 2.24) is 0 Å². The first-order valence-electron chi connectivity index (χ1n) is 8.05. The monoisotopic (exact) mass is 417 g/mol. The predicted molar refractivity (Wildman–Crippen MR) is 99.3 cm³/mol. The number of nitrogens with one attached hydrogen (secondary N) is 1. The normalized spacial score (nSPS) is 24.2. The third kappa shape index (κ3) is 2.88. The minimum absolute atomic E-state index is 0.0826. The molecule has 1 aliphatic heterocycles. The Bertz CT molecular complexity index is 908. The summed E-state index contributed by atoms with van der Waals surface area (Å²) in [6.07, 6.45) is -0.0245. The molecule has 1 N–H and O–H groups in total. The Balaban J connectivity index is 1.89. The Hall–Kier alpha value is -1.36. The molecule has 1 nitrogen and oxygen atoms in total. The Kier molecular flexibility index (Phi) is 4.41. The van der Waals surface area contributed by atoms with E-state index < -0.39 is 11.7 Å². The Morgan fingerprint density at radius 3 is 2.46 bits per heavy atom. The molecule has 1 aliphatic carbocycles. The molecule has 2 aliphatic rings. The van der Waals surface area contributed by atoms with Gasteiger partial charge in [-0.3, -0.25) is 0 Å². The summed E-state index contributed by atoms with van der Waals surface area (Å²) in [7, 11) is 0. The van der Waals surface area contributed by atoms with Gasteiger partial charge in [-0.05, 0) is 47.7 Å². The second-order valence-electron chi connectivity index (χ2n) is 6.52. The fraction of sp³-hybridized carbons (Fsp3) is 0.263. The Morgan fingerprint density at radius 2 is 1.77 bits per heavy atom. The Morgan fingerprint density at radius 1 is 1.00 bits per heavy atom. The average molecular weight is 419 g/mol. The summed E-state index contributed by atoms with van der Waals surface area (Å²) in [6.45, 7) is 0. The lowest BCUT2D eigenvalue weighted by Crippen LogP contribution is -2.31. The molecule has 7 heteroatoms. The smallest absolute Gasteiger partial charge is 0.376 e. The summed E-state index contributed by atoms with van der Waals surface area (Å²) in [6, 6.07) is 7.27. The van der Waals surface area contributed by atoms with Gasteiger partial charge in [0.1, 0.15) is 0 Å². The first-order chi connectivity index (χ1) is 12.3. The van der Waals surface area contributed by atoms with Gasteiger partial charge in [-0.1, -0.05) is 53.0 Å². The van der Waals surface area contributed by atoms with E-state index >= 15 is 0 Å². The van der Waals surface area contributed by atoms with E-state index in [1.807, 2.05) is 18.2 Å². The van der Waals surface area contributed by atoms with Gasteiger partial charge in [0.25, 0.3) is 0 Å². The number of rotatable bonds is 1. The third-order valence-corrected chi connectivity index (χ3v) is 5.95. The fourth-order valence-corrected chi connectivity index (χ4v) is 4.73. The highest BCUT2D eigenvalue weighted by Crippen LogP contribution is 2.55. The zero-order chi connectivity index (χ0) is 18.6. The molecule has 2 aromatic rings. The molecule has 136 valence electrons. The van der Waals surface area contributed by atoms with Crippen molar-refractivity contribution in [3.63, 3.8) is 0 Å². The molecular weight excluding hydrogens is 406 g/mol. The molecule has 0 radical (unpaired) electrons. The first-order valence-corrected chi connectivity index (χ1v) is 9.18. The SMILES string of the molecule is FC(F)(F)c1ccc(Cl)c2c1[C@@H]1C=CC[C@@H]1[C@H](c1ccc(Cl)cc1Cl)N2. The third-order valence-electron chi connectivity index (χ3n) is 5.07. The number of hydrogen-bond donors (Lipinski definition) is 1. The molecule has 3 atom stereocenters. The van der Waals surface area contributed by atoms with Crippen molar-refractivity contribution in [2.24, 2.45) is 5.92 Å². The molecule has 0 saturated carbocycles. The van der Waals surface area contributed by atoms with Gasteiger partial charge in [-0.2, -0.15) is 13.2 Å². The summed E-state index contributed by atoms with van der Waals surface area (Å²) < 4.78 is 40.7. The zero-order valence-electron chi connectivity index (χ0n) is 13.2. The predicted octanol–water partition coefficient (Wildman–Crippen LogP) is 7.49. The Labute approximate surface area is 163 Å². The van der Waals surface area contributed by atoms with Crippen LogP contribution >= 0.6 is 34.8 Å². The summed E-state index contributed by atoms with van der Waals surface area (Å²) >= 11 is 18.6. The summed E-state index contributed by atoms with van der Waals surface area (Å²) in [5.74, 6) is -0.459. The van der Waals surface area contributed by atoms with E-state index in [1.54, 1.807) is 12.1 Å². The van der Waals surface area contributed by atoms with Crippen LogP contribution in [0, 0.1) is 5.92 Å². The van der Waals surface area contributed by atoms with Gasteiger partial charge in [-0.15, -0.1) is 0 Å². The van der Waals surface area contributed by atoms with Crippen LogP contribution in [0.4, 0.5) is 18.9 Å². The number of anilines is 1. The molecule has 26 heavy (non-hydrogen) atoms. The topological polar surface area (TPSA) is 12.0 Å². The van der Waals surface area contributed by atoms with Gasteiger partial charge < -0.3 is 5.32 Å².